The molecule has 1 aliphatic rings. The molecule has 1 aromatic carbocycles. The number of para-hydroxylation sites is 1. The SMILES string of the molecule is CC(=O)C(NC(=O)c1nn(CCCCC#N)c2ccccc12)C(C)(C)C.CCOC(=O)C1CC(C)C1. The molecule has 0 radical (unpaired) electrons. The number of fused-ring (bicyclic) bond motifs is 1. The monoisotopic (exact) mass is 496 g/mol. The highest BCUT2D eigenvalue weighted by Gasteiger charge is 2.32. The van der Waals surface area contributed by atoms with Gasteiger partial charge in [0.1, 0.15) is 0 Å². The van der Waals surface area contributed by atoms with E-state index in [9.17, 15) is 14.4 Å². The molecule has 1 amide bonds. The molecule has 1 heterocycles. The van der Waals surface area contributed by atoms with Crippen LogP contribution in [0.3, 0.4) is 0 Å². The normalized spacial score (nSPS) is 17.7. The fraction of sp³-hybridized carbons (Fsp3) is 0.607. The first kappa shape index (κ1) is 29.0. The van der Waals surface area contributed by atoms with Crippen molar-refractivity contribution in [2.75, 3.05) is 6.61 Å². The molecule has 1 aliphatic carbocycles. The molecule has 1 unspecified atom stereocenters. The predicted octanol–water partition coefficient (Wildman–Crippen LogP) is 5.06. The number of aryl methyl sites for hydroxylation is 1. The number of carbonyl (C=O) groups excluding carboxylic acids is 3. The first-order chi connectivity index (χ1) is 17.0. The fourth-order valence-corrected chi connectivity index (χ4v) is 4.41. The van der Waals surface area contributed by atoms with Gasteiger partial charge >= 0.3 is 5.97 Å². The van der Waals surface area contributed by atoms with Crippen LogP contribution in [-0.4, -0.2) is 40.1 Å². The van der Waals surface area contributed by atoms with Crippen molar-refractivity contribution in [1.82, 2.24) is 15.1 Å². The van der Waals surface area contributed by atoms with E-state index in [1.807, 2.05) is 56.6 Å². The Bertz CT molecular complexity index is 1090. The van der Waals surface area contributed by atoms with E-state index < -0.39 is 6.04 Å². The molecule has 1 atom stereocenters. The lowest BCUT2D eigenvalue weighted by Gasteiger charge is -2.30. The van der Waals surface area contributed by atoms with Crippen molar-refractivity contribution in [2.45, 2.75) is 86.2 Å². The minimum absolute atomic E-state index is 0.000556. The maximum atomic E-state index is 12.8. The van der Waals surface area contributed by atoms with Crippen LogP contribution in [0.2, 0.25) is 0 Å². The Morgan fingerprint density at radius 3 is 2.44 bits per heavy atom. The molecule has 1 fully saturated rings. The summed E-state index contributed by atoms with van der Waals surface area (Å²) in [5.74, 6) is 0.531. The Hall–Kier alpha value is -3.21. The van der Waals surface area contributed by atoms with Crippen molar-refractivity contribution in [3.8, 4) is 6.07 Å². The van der Waals surface area contributed by atoms with E-state index in [2.05, 4.69) is 23.4 Å². The minimum atomic E-state index is -0.574. The van der Waals surface area contributed by atoms with E-state index in [4.69, 9.17) is 10.00 Å². The van der Waals surface area contributed by atoms with Crippen molar-refractivity contribution in [1.29, 1.82) is 5.26 Å². The third-order valence-corrected chi connectivity index (χ3v) is 6.32. The number of nitrogens with zero attached hydrogens (tertiary/aromatic N) is 3. The number of unbranched alkanes of at least 4 members (excludes halogenated alkanes) is 2. The van der Waals surface area contributed by atoms with Crippen LogP contribution in [0.5, 0.6) is 0 Å². The van der Waals surface area contributed by atoms with Gasteiger partial charge in [0, 0.05) is 18.4 Å². The summed E-state index contributed by atoms with van der Waals surface area (Å²) in [7, 11) is 0. The number of Topliss-reactive ketones (excluding diaryl/α,β-unsaturated/α-hetero) is 1. The van der Waals surface area contributed by atoms with Gasteiger partial charge in [0.25, 0.3) is 5.91 Å². The number of ketones is 1. The minimum Gasteiger partial charge on any atom is -0.466 e. The zero-order valence-electron chi connectivity index (χ0n) is 22.5. The number of nitrogens with one attached hydrogen (secondary N) is 1. The van der Waals surface area contributed by atoms with Crippen LogP contribution in [-0.2, 0) is 20.9 Å². The molecule has 1 saturated carbocycles. The van der Waals surface area contributed by atoms with Crippen LogP contribution >= 0.6 is 0 Å². The van der Waals surface area contributed by atoms with Crippen LogP contribution in [0.15, 0.2) is 24.3 Å². The summed E-state index contributed by atoms with van der Waals surface area (Å²) in [5, 5.41) is 16.8. The van der Waals surface area contributed by atoms with E-state index in [0.29, 0.717) is 25.3 Å². The molecule has 0 aliphatic heterocycles. The molecule has 0 bridgehead atoms. The van der Waals surface area contributed by atoms with Gasteiger partial charge in [-0.05, 0) is 56.9 Å². The van der Waals surface area contributed by atoms with E-state index >= 15 is 0 Å². The number of amides is 1. The van der Waals surface area contributed by atoms with Crippen molar-refractivity contribution in [3.05, 3.63) is 30.0 Å². The van der Waals surface area contributed by atoms with Gasteiger partial charge in [-0.1, -0.05) is 45.9 Å². The largest absolute Gasteiger partial charge is 0.466 e. The smallest absolute Gasteiger partial charge is 0.308 e. The van der Waals surface area contributed by atoms with Gasteiger partial charge in [-0.3, -0.25) is 19.1 Å². The Kier molecular flexibility index (Phi) is 10.6. The predicted molar refractivity (Wildman–Crippen MR) is 139 cm³/mol. The lowest BCUT2D eigenvalue weighted by atomic mass is 9.76. The topological polar surface area (TPSA) is 114 Å². The molecule has 36 heavy (non-hydrogen) atoms. The summed E-state index contributed by atoms with van der Waals surface area (Å²) in [6, 6.07) is 9.13. The Labute approximate surface area is 214 Å². The average Bonchev–Trinajstić information content (AvgIpc) is 3.16. The van der Waals surface area contributed by atoms with Crippen molar-refractivity contribution in [2.24, 2.45) is 17.3 Å². The van der Waals surface area contributed by atoms with Gasteiger partial charge in [-0.25, -0.2) is 0 Å². The average molecular weight is 497 g/mol. The summed E-state index contributed by atoms with van der Waals surface area (Å²) in [5.41, 5.74) is 0.832. The van der Waals surface area contributed by atoms with Gasteiger partial charge < -0.3 is 10.1 Å². The van der Waals surface area contributed by atoms with Crippen LogP contribution in [0.4, 0.5) is 0 Å². The van der Waals surface area contributed by atoms with Crippen LogP contribution in [0.25, 0.3) is 10.9 Å². The Morgan fingerprint density at radius 1 is 1.22 bits per heavy atom. The number of ether oxygens (including phenoxy) is 1. The number of hydrogen-bond donors (Lipinski definition) is 1. The first-order valence-corrected chi connectivity index (χ1v) is 12.8. The highest BCUT2D eigenvalue weighted by molar-refractivity contribution is 6.06. The second kappa shape index (κ2) is 13.2. The number of benzene rings is 1. The molecule has 3 rings (SSSR count). The molecular weight excluding hydrogens is 456 g/mol. The highest BCUT2D eigenvalue weighted by atomic mass is 16.5. The van der Waals surface area contributed by atoms with Gasteiger partial charge in [0.15, 0.2) is 11.5 Å². The molecule has 0 saturated heterocycles. The third-order valence-electron chi connectivity index (χ3n) is 6.32. The molecule has 1 N–H and O–H groups in total. The van der Waals surface area contributed by atoms with E-state index in [0.717, 1.165) is 42.5 Å². The van der Waals surface area contributed by atoms with Crippen molar-refractivity contribution < 1.29 is 19.1 Å². The first-order valence-electron chi connectivity index (χ1n) is 12.8. The number of hydrogen-bond acceptors (Lipinski definition) is 6. The lowest BCUT2D eigenvalue weighted by molar-refractivity contribution is -0.152. The van der Waals surface area contributed by atoms with Crippen LogP contribution < -0.4 is 5.32 Å². The van der Waals surface area contributed by atoms with E-state index in [1.165, 1.54) is 6.92 Å². The summed E-state index contributed by atoms with van der Waals surface area (Å²) in [6.07, 6.45) is 4.18. The molecule has 2 aromatic rings. The summed E-state index contributed by atoms with van der Waals surface area (Å²) >= 11 is 0. The van der Waals surface area contributed by atoms with Crippen molar-refractivity contribution in [3.63, 3.8) is 0 Å². The number of rotatable bonds is 9. The van der Waals surface area contributed by atoms with Crippen LogP contribution in [0.1, 0.15) is 84.1 Å². The standard InChI is InChI=1S/C20H26N4O2.C8H14O2/c1-14(25)18(20(2,3)4)22-19(26)17-15-10-6-7-11-16(15)24(23-17)13-9-5-8-12-21;1-3-10-8(9)7-4-6(2)5-7/h6-7,10-11,18H,5,8-9,13H2,1-4H3,(H,22,26);6-7H,3-5H2,1-2H3. The van der Waals surface area contributed by atoms with Crippen LogP contribution in [0, 0.1) is 28.6 Å². The molecule has 8 heteroatoms. The summed E-state index contributed by atoms with van der Waals surface area (Å²) in [4.78, 5) is 35.7. The maximum Gasteiger partial charge on any atom is 0.308 e. The lowest BCUT2D eigenvalue weighted by Crippen LogP contribution is -2.48. The number of esters is 1. The highest BCUT2D eigenvalue weighted by Crippen LogP contribution is 2.33. The molecule has 8 nitrogen and oxygen atoms in total. The van der Waals surface area contributed by atoms with Gasteiger partial charge in [-0.15, -0.1) is 0 Å². The molecular formula is C28H40N4O4. The quantitative estimate of drug-likeness (QED) is 0.383. The Balaban J connectivity index is 0.000000380. The number of carbonyl (C=O) groups is 3. The molecule has 0 spiro atoms. The second-order valence-corrected chi connectivity index (χ2v) is 10.6. The van der Waals surface area contributed by atoms with Gasteiger partial charge in [-0.2, -0.15) is 10.4 Å². The Morgan fingerprint density at radius 2 is 1.89 bits per heavy atom. The van der Waals surface area contributed by atoms with Gasteiger partial charge in [0.05, 0.1) is 30.2 Å². The zero-order valence-corrected chi connectivity index (χ0v) is 22.5. The molecule has 1 aromatic heterocycles. The summed E-state index contributed by atoms with van der Waals surface area (Å²) in [6.45, 7) is 12.4. The zero-order chi connectivity index (χ0) is 26.9. The maximum absolute atomic E-state index is 12.8. The van der Waals surface area contributed by atoms with E-state index in [-0.39, 0.29) is 29.0 Å². The fourth-order valence-electron chi connectivity index (χ4n) is 4.41. The number of nitriles is 1. The summed E-state index contributed by atoms with van der Waals surface area (Å²) < 4.78 is 6.66. The molecule has 196 valence electrons. The van der Waals surface area contributed by atoms with Gasteiger partial charge in [0.2, 0.25) is 0 Å². The third kappa shape index (κ3) is 7.91. The van der Waals surface area contributed by atoms with Crippen molar-refractivity contribution >= 4 is 28.6 Å². The second-order valence-electron chi connectivity index (χ2n) is 10.6. The van der Waals surface area contributed by atoms with E-state index in [1.54, 1.807) is 0 Å². The number of aromatic nitrogens is 2.